The highest BCUT2D eigenvalue weighted by Crippen LogP contribution is 2.21. The lowest BCUT2D eigenvalue weighted by molar-refractivity contribution is -0.141. The molecule has 0 aliphatic rings. The van der Waals surface area contributed by atoms with Gasteiger partial charge in [-0.15, -0.1) is 0 Å². The molecule has 1 rings (SSSR count). The summed E-state index contributed by atoms with van der Waals surface area (Å²) in [6, 6.07) is 7.28. The van der Waals surface area contributed by atoms with Crippen LogP contribution >= 0.6 is 0 Å². The first kappa shape index (κ1) is 22.7. The summed E-state index contributed by atoms with van der Waals surface area (Å²) in [4.78, 5) is 35.5. The monoisotopic (exact) mass is 388 g/mol. The van der Waals surface area contributed by atoms with E-state index in [1.807, 2.05) is 30.0 Å². The Labute approximate surface area is 164 Å². The Morgan fingerprint density at radius 1 is 1.11 bits per heavy atom. The van der Waals surface area contributed by atoms with Crippen molar-refractivity contribution in [2.75, 3.05) is 38.3 Å². The standard InChI is InChI=1S/C20H24N2O6/c1-14-11-19(6-5-17(14)12-18(13-21)20(25)26-4)22(7-9-27-15(2)23)8-10-28-16(3)24/h5-6,11-12H,7-10H2,1-4H3/b18-12+. The van der Waals surface area contributed by atoms with E-state index >= 15 is 0 Å². The third-order valence-corrected chi connectivity index (χ3v) is 3.78. The summed E-state index contributed by atoms with van der Waals surface area (Å²) in [5.41, 5.74) is 2.26. The second kappa shape index (κ2) is 11.4. The summed E-state index contributed by atoms with van der Waals surface area (Å²) in [6.07, 6.45) is 1.47. The van der Waals surface area contributed by atoms with Gasteiger partial charge in [-0.05, 0) is 36.3 Å². The highest BCUT2D eigenvalue weighted by molar-refractivity contribution is 5.98. The number of carbonyl (C=O) groups excluding carboxylic acids is 3. The first-order valence-corrected chi connectivity index (χ1v) is 8.61. The number of esters is 3. The molecule has 0 fully saturated rings. The van der Waals surface area contributed by atoms with Crippen molar-refractivity contribution in [1.29, 1.82) is 5.26 Å². The van der Waals surface area contributed by atoms with E-state index in [-0.39, 0.29) is 30.7 Å². The Balaban J connectivity index is 3.03. The minimum absolute atomic E-state index is 0.0973. The Morgan fingerprint density at radius 2 is 1.68 bits per heavy atom. The third-order valence-electron chi connectivity index (χ3n) is 3.78. The van der Waals surface area contributed by atoms with E-state index in [4.69, 9.17) is 14.7 Å². The van der Waals surface area contributed by atoms with Crippen molar-refractivity contribution in [2.24, 2.45) is 0 Å². The van der Waals surface area contributed by atoms with Crippen LogP contribution in [0.4, 0.5) is 5.69 Å². The lowest BCUT2D eigenvalue weighted by Crippen LogP contribution is -2.32. The molecule has 28 heavy (non-hydrogen) atoms. The molecule has 0 bridgehead atoms. The van der Waals surface area contributed by atoms with Crippen molar-refractivity contribution in [2.45, 2.75) is 20.8 Å². The van der Waals surface area contributed by atoms with Gasteiger partial charge in [-0.2, -0.15) is 5.26 Å². The number of nitrogens with zero attached hydrogens (tertiary/aromatic N) is 2. The van der Waals surface area contributed by atoms with Crippen LogP contribution in [0.3, 0.4) is 0 Å². The average molecular weight is 388 g/mol. The fraction of sp³-hybridized carbons (Fsp3) is 0.400. The van der Waals surface area contributed by atoms with Gasteiger partial charge >= 0.3 is 17.9 Å². The number of methoxy groups -OCH3 is 1. The van der Waals surface area contributed by atoms with Gasteiger partial charge in [0, 0.05) is 19.5 Å². The molecule has 0 radical (unpaired) electrons. The smallest absolute Gasteiger partial charge is 0.348 e. The minimum atomic E-state index is -0.699. The maximum Gasteiger partial charge on any atom is 0.348 e. The predicted octanol–water partition coefficient (Wildman–Crippen LogP) is 2.01. The van der Waals surface area contributed by atoms with Gasteiger partial charge in [0.05, 0.1) is 20.2 Å². The Bertz CT molecular complexity index is 774. The lowest BCUT2D eigenvalue weighted by atomic mass is 10.0. The largest absolute Gasteiger partial charge is 0.465 e. The number of carbonyl (C=O) groups is 3. The van der Waals surface area contributed by atoms with Crippen molar-refractivity contribution in [3.05, 3.63) is 34.9 Å². The number of anilines is 1. The van der Waals surface area contributed by atoms with Crippen LogP contribution in [0.2, 0.25) is 0 Å². The van der Waals surface area contributed by atoms with Crippen LogP contribution in [0.25, 0.3) is 6.08 Å². The Morgan fingerprint density at radius 3 is 2.11 bits per heavy atom. The molecule has 0 spiro atoms. The minimum Gasteiger partial charge on any atom is -0.465 e. The summed E-state index contributed by atoms with van der Waals surface area (Å²) in [7, 11) is 1.22. The van der Waals surface area contributed by atoms with Gasteiger partial charge in [0.25, 0.3) is 0 Å². The molecule has 0 atom stereocenters. The van der Waals surface area contributed by atoms with E-state index in [0.29, 0.717) is 18.7 Å². The SMILES string of the molecule is COC(=O)/C(C#N)=C/c1ccc(N(CCOC(C)=O)CCOC(C)=O)cc1C. The van der Waals surface area contributed by atoms with Crippen LogP contribution in [-0.4, -0.2) is 51.3 Å². The highest BCUT2D eigenvalue weighted by atomic mass is 16.5. The molecular formula is C20H24N2O6. The number of nitriles is 1. The molecule has 1 aromatic carbocycles. The maximum absolute atomic E-state index is 11.6. The third kappa shape index (κ3) is 7.50. The molecule has 0 saturated heterocycles. The molecular weight excluding hydrogens is 364 g/mol. The quantitative estimate of drug-likeness (QED) is 0.274. The fourth-order valence-electron chi connectivity index (χ4n) is 2.39. The normalized spacial score (nSPS) is 10.6. The first-order chi connectivity index (χ1) is 13.3. The average Bonchev–Trinajstić information content (AvgIpc) is 2.64. The van der Waals surface area contributed by atoms with Crippen LogP contribution in [0.5, 0.6) is 0 Å². The van der Waals surface area contributed by atoms with Gasteiger partial charge < -0.3 is 19.1 Å². The number of ether oxygens (including phenoxy) is 3. The van der Waals surface area contributed by atoms with Gasteiger partial charge in [-0.3, -0.25) is 9.59 Å². The topological polar surface area (TPSA) is 106 Å². The molecule has 0 unspecified atom stereocenters. The van der Waals surface area contributed by atoms with Gasteiger partial charge in [0.2, 0.25) is 0 Å². The van der Waals surface area contributed by atoms with Gasteiger partial charge in [0.15, 0.2) is 0 Å². The fourth-order valence-corrected chi connectivity index (χ4v) is 2.39. The first-order valence-electron chi connectivity index (χ1n) is 8.61. The van der Waals surface area contributed by atoms with Gasteiger partial charge in [-0.1, -0.05) is 6.07 Å². The zero-order valence-electron chi connectivity index (χ0n) is 16.5. The summed E-state index contributed by atoms with van der Waals surface area (Å²) in [6.45, 7) is 5.74. The maximum atomic E-state index is 11.6. The number of hydrogen-bond acceptors (Lipinski definition) is 8. The molecule has 0 aliphatic heterocycles. The van der Waals surface area contributed by atoms with Crippen molar-refractivity contribution in [1.82, 2.24) is 0 Å². The van der Waals surface area contributed by atoms with E-state index < -0.39 is 5.97 Å². The molecule has 0 heterocycles. The van der Waals surface area contributed by atoms with Crippen molar-refractivity contribution >= 4 is 29.7 Å². The number of rotatable bonds is 9. The molecule has 0 saturated carbocycles. The van der Waals surface area contributed by atoms with E-state index in [1.54, 1.807) is 6.07 Å². The van der Waals surface area contributed by atoms with Crippen LogP contribution in [0.15, 0.2) is 23.8 Å². The zero-order valence-corrected chi connectivity index (χ0v) is 16.5. The number of aryl methyl sites for hydroxylation is 1. The van der Waals surface area contributed by atoms with Crippen molar-refractivity contribution in [3.63, 3.8) is 0 Å². The lowest BCUT2D eigenvalue weighted by Gasteiger charge is -2.25. The van der Waals surface area contributed by atoms with Gasteiger partial charge in [0.1, 0.15) is 24.9 Å². The summed E-state index contributed by atoms with van der Waals surface area (Å²) in [5, 5.41) is 9.10. The predicted molar refractivity (Wildman–Crippen MR) is 102 cm³/mol. The van der Waals surface area contributed by atoms with E-state index in [1.165, 1.54) is 27.0 Å². The molecule has 8 nitrogen and oxygen atoms in total. The second-order valence-corrected chi connectivity index (χ2v) is 5.87. The van der Waals surface area contributed by atoms with Crippen LogP contribution < -0.4 is 4.90 Å². The van der Waals surface area contributed by atoms with Crippen LogP contribution in [0.1, 0.15) is 25.0 Å². The van der Waals surface area contributed by atoms with E-state index in [0.717, 1.165) is 11.3 Å². The highest BCUT2D eigenvalue weighted by Gasteiger charge is 2.12. The Kier molecular flexibility index (Phi) is 9.23. The van der Waals surface area contributed by atoms with Crippen molar-refractivity contribution in [3.8, 4) is 6.07 Å². The molecule has 150 valence electrons. The van der Waals surface area contributed by atoms with E-state index in [9.17, 15) is 14.4 Å². The summed E-state index contributed by atoms with van der Waals surface area (Å²) < 4.78 is 14.6. The molecule has 8 heteroatoms. The number of hydrogen-bond donors (Lipinski definition) is 0. The zero-order chi connectivity index (χ0) is 21.1. The Hall–Kier alpha value is -3.34. The number of benzene rings is 1. The molecule has 1 aromatic rings. The summed E-state index contributed by atoms with van der Waals surface area (Å²) in [5.74, 6) is -1.44. The second-order valence-electron chi connectivity index (χ2n) is 5.87. The van der Waals surface area contributed by atoms with Crippen LogP contribution in [-0.2, 0) is 28.6 Å². The molecule has 0 aliphatic carbocycles. The van der Waals surface area contributed by atoms with Crippen molar-refractivity contribution < 1.29 is 28.6 Å². The summed E-state index contributed by atoms with van der Waals surface area (Å²) >= 11 is 0. The van der Waals surface area contributed by atoms with Gasteiger partial charge in [-0.25, -0.2) is 4.79 Å². The molecule has 0 aromatic heterocycles. The molecule has 0 N–H and O–H groups in total. The van der Waals surface area contributed by atoms with E-state index in [2.05, 4.69) is 4.74 Å². The molecule has 0 amide bonds. The van der Waals surface area contributed by atoms with Crippen LogP contribution in [0, 0.1) is 18.3 Å².